The minimum atomic E-state index is -0.0259. The summed E-state index contributed by atoms with van der Waals surface area (Å²) in [5, 5.41) is 6.43. The van der Waals surface area contributed by atoms with Crippen LogP contribution in [0.4, 0.5) is 0 Å². The first kappa shape index (κ1) is 19.7. The fourth-order valence-electron chi connectivity index (χ4n) is 4.26. The molecule has 0 amide bonds. The van der Waals surface area contributed by atoms with Crippen LogP contribution in [-0.2, 0) is 13.2 Å². The Kier molecular flexibility index (Phi) is 5.61. The third-order valence-corrected chi connectivity index (χ3v) is 5.96. The molecule has 5 rings (SSSR count). The first-order valence-electron chi connectivity index (χ1n) is 10.8. The van der Waals surface area contributed by atoms with E-state index in [0.717, 1.165) is 54.8 Å². The first-order chi connectivity index (χ1) is 15.3. The van der Waals surface area contributed by atoms with Crippen LogP contribution in [0.2, 0.25) is 0 Å². The third kappa shape index (κ3) is 4.29. The van der Waals surface area contributed by atoms with Crippen molar-refractivity contribution >= 4 is 10.8 Å². The standard InChI is InChI=1S/C26H26N4O/c31-26-24-14-8-7-13-23(24)25(22-11-5-2-6-12-22)27-30(26)20-29-17-15-28(16-18-29)19-21-9-3-1-4-10-21/h1-14H,15-20H2. The zero-order valence-electron chi connectivity index (χ0n) is 17.5. The maximum atomic E-state index is 13.2. The van der Waals surface area contributed by atoms with Crippen LogP contribution in [0.1, 0.15) is 5.56 Å². The Bertz CT molecular complexity index is 1210. The summed E-state index contributed by atoms with van der Waals surface area (Å²) in [5.41, 5.74) is 3.21. The molecular weight excluding hydrogens is 384 g/mol. The second-order valence-electron chi connectivity index (χ2n) is 8.09. The molecule has 5 heteroatoms. The molecule has 0 aliphatic carbocycles. The van der Waals surface area contributed by atoms with E-state index in [1.165, 1.54) is 5.56 Å². The second-order valence-corrected chi connectivity index (χ2v) is 8.09. The number of nitrogens with zero attached hydrogens (tertiary/aromatic N) is 4. The normalized spacial score (nSPS) is 15.4. The molecule has 0 saturated carbocycles. The fourth-order valence-corrected chi connectivity index (χ4v) is 4.26. The van der Waals surface area contributed by atoms with Gasteiger partial charge in [-0.3, -0.25) is 14.6 Å². The highest BCUT2D eigenvalue weighted by Crippen LogP contribution is 2.24. The van der Waals surface area contributed by atoms with Crippen molar-refractivity contribution in [2.45, 2.75) is 13.2 Å². The fraction of sp³-hybridized carbons (Fsp3) is 0.231. The summed E-state index contributed by atoms with van der Waals surface area (Å²) in [6.45, 7) is 5.32. The maximum absolute atomic E-state index is 13.2. The molecule has 1 aliphatic rings. The van der Waals surface area contributed by atoms with Gasteiger partial charge < -0.3 is 0 Å². The van der Waals surface area contributed by atoms with Gasteiger partial charge in [0.1, 0.15) is 0 Å². The van der Waals surface area contributed by atoms with E-state index in [-0.39, 0.29) is 5.56 Å². The number of hydrogen-bond acceptors (Lipinski definition) is 4. The van der Waals surface area contributed by atoms with E-state index in [1.54, 1.807) is 4.68 Å². The monoisotopic (exact) mass is 410 g/mol. The van der Waals surface area contributed by atoms with Gasteiger partial charge in [0.05, 0.1) is 17.7 Å². The Morgan fingerprint density at radius 3 is 1.97 bits per heavy atom. The quantitative estimate of drug-likeness (QED) is 0.501. The molecule has 1 aliphatic heterocycles. The van der Waals surface area contributed by atoms with Crippen LogP contribution in [0.5, 0.6) is 0 Å². The number of hydrogen-bond donors (Lipinski definition) is 0. The summed E-state index contributed by atoms with van der Waals surface area (Å²) < 4.78 is 1.64. The summed E-state index contributed by atoms with van der Waals surface area (Å²) in [6.07, 6.45) is 0. The van der Waals surface area contributed by atoms with Crippen LogP contribution in [0.3, 0.4) is 0 Å². The maximum Gasteiger partial charge on any atom is 0.275 e. The van der Waals surface area contributed by atoms with Gasteiger partial charge in [-0.15, -0.1) is 0 Å². The number of aromatic nitrogens is 2. The Balaban J connectivity index is 1.36. The van der Waals surface area contributed by atoms with Crippen LogP contribution < -0.4 is 5.56 Å². The van der Waals surface area contributed by atoms with Gasteiger partial charge in [-0.25, -0.2) is 4.68 Å². The van der Waals surface area contributed by atoms with Crippen LogP contribution in [-0.4, -0.2) is 45.8 Å². The van der Waals surface area contributed by atoms with Crippen molar-refractivity contribution < 1.29 is 0 Å². The van der Waals surface area contributed by atoms with E-state index in [2.05, 4.69) is 40.1 Å². The lowest BCUT2D eigenvalue weighted by Crippen LogP contribution is -2.47. The van der Waals surface area contributed by atoms with E-state index < -0.39 is 0 Å². The van der Waals surface area contributed by atoms with Crippen molar-refractivity contribution in [2.24, 2.45) is 0 Å². The molecule has 2 heterocycles. The van der Waals surface area contributed by atoms with Crippen molar-refractivity contribution in [1.82, 2.24) is 19.6 Å². The molecule has 156 valence electrons. The Morgan fingerprint density at radius 2 is 1.26 bits per heavy atom. The third-order valence-electron chi connectivity index (χ3n) is 5.96. The predicted molar refractivity (Wildman–Crippen MR) is 125 cm³/mol. The smallest absolute Gasteiger partial charge is 0.275 e. The van der Waals surface area contributed by atoms with E-state index in [1.807, 2.05) is 54.6 Å². The zero-order chi connectivity index (χ0) is 21.0. The number of rotatable bonds is 5. The van der Waals surface area contributed by atoms with Gasteiger partial charge in [0.15, 0.2) is 0 Å². The van der Waals surface area contributed by atoms with Gasteiger partial charge in [0.2, 0.25) is 0 Å². The highest BCUT2D eigenvalue weighted by Gasteiger charge is 2.19. The lowest BCUT2D eigenvalue weighted by atomic mass is 10.1. The summed E-state index contributed by atoms with van der Waals surface area (Å²) >= 11 is 0. The van der Waals surface area contributed by atoms with Crippen molar-refractivity contribution in [3.8, 4) is 11.3 Å². The van der Waals surface area contributed by atoms with Gasteiger partial charge >= 0.3 is 0 Å². The van der Waals surface area contributed by atoms with E-state index >= 15 is 0 Å². The zero-order valence-corrected chi connectivity index (χ0v) is 17.5. The molecule has 1 saturated heterocycles. The lowest BCUT2D eigenvalue weighted by Gasteiger charge is -2.34. The molecule has 1 fully saturated rings. The molecule has 1 aromatic heterocycles. The average molecular weight is 411 g/mol. The number of benzene rings is 3. The topological polar surface area (TPSA) is 41.4 Å². The highest BCUT2D eigenvalue weighted by molar-refractivity contribution is 5.93. The summed E-state index contributed by atoms with van der Waals surface area (Å²) in [4.78, 5) is 17.9. The molecule has 0 unspecified atom stereocenters. The molecule has 5 nitrogen and oxygen atoms in total. The van der Waals surface area contributed by atoms with Crippen LogP contribution in [0.15, 0.2) is 89.7 Å². The molecule has 0 atom stereocenters. The van der Waals surface area contributed by atoms with Crippen molar-refractivity contribution in [3.63, 3.8) is 0 Å². The van der Waals surface area contributed by atoms with Gasteiger partial charge in [-0.2, -0.15) is 5.10 Å². The second kappa shape index (κ2) is 8.84. The highest BCUT2D eigenvalue weighted by atomic mass is 16.1. The van der Waals surface area contributed by atoms with Crippen LogP contribution in [0.25, 0.3) is 22.0 Å². The van der Waals surface area contributed by atoms with E-state index in [4.69, 9.17) is 5.10 Å². The van der Waals surface area contributed by atoms with Gasteiger partial charge in [0.25, 0.3) is 5.56 Å². The lowest BCUT2D eigenvalue weighted by molar-refractivity contribution is 0.0973. The summed E-state index contributed by atoms with van der Waals surface area (Å²) in [5.74, 6) is 0. The molecule has 31 heavy (non-hydrogen) atoms. The minimum absolute atomic E-state index is 0.0259. The molecule has 0 radical (unpaired) electrons. The first-order valence-corrected chi connectivity index (χ1v) is 10.8. The van der Waals surface area contributed by atoms with Crippen molar-refractivity contribution in [1.29, 1.82) is 0 Å². The van der Waals surface area contributed by atoms with Gasteiger partial charge in [-0.1, -0.05) is 78.9 Å². The molecular formula is C26H26N4O. The van der Waals surface area contributed by atoms with Crippen molar-refractivity contribution in [3.05, 3.63) is 101 Å². The summed E-state index contributed by atoms with van der Waals surface area (Å²) in [6, 6.07) is 28.5. The predicted octanol–water partition coefficient (Wildman–Crippen LogP) is 3.84. The SMILES string of the molecule is O=c1c2ccccc2c(-c2ccccc2)nn1CN1CCN(Cc2ccccc2)CC1. The number of piperazine rings is 1. The Labute approximate surface area is 182 Å². The van der Waals surface area contributed by atoms with E-state index in [0.29, 0.717) is 6.67 Å². The van der Waals surface area contributed by atoms with Crippen molar-refractivity contribution in [2.75, 3.05) is 26.2 Å². The Morgan fingerprint density at radius 1 is 0.677 bits per heavy atom. The van der Waals surface area contributed by atoms with E-state index in [9.17, 15) is 4.79 Å². The number of fused-ring (bicyclic) bond motifs is 1. The molecule has 0 bridgehead atoms. The van der Waals surface area contributed by atoms with Crippen LogP contribution >= 0.6 is 0 Å². The molecule has 0 N–H and O–H groups in total. The minimum Gasteiger partial charge on any atom is -0.297 e. The molecule has 0 spiro atoms. The molecule has 3 aromatic carbocycles. The molecule has 4 aromatic rings. The average Bonchev–Trinajstić information content (AvgIpc) is 2.83. The van der Waals surface area contributed by atoms with Gasteiger partial charge in [-0.05, 0) is 11.6 Å². The van der Waals surface area contributed by atoms with Crippen LogP contribution in [0, 0.1) is 0 Å². The Hall–Kier alpha value is -3.28. The van der Waals surface area contributed by atoms with Gasteiger partial charge in [0, 0.05) is 43.7 Å². The largest absolute Gasteiger partial charge is 0.297 e. The summed E-state index contributed by atoms with van der Waals surface area (Å²) in [7, 11) is 0.